The summed E-state index contributed by atoms with van der Waals surface area (Å²) in [7, 11) is 0. The van der Waals surface area contributed by atoms with Crippen molar-refractivity contribution < 1.29 is 9.53 Å². The average Bonchev–Trinajstić information content (AvgIpc) is 2.53. The van der Waals surface area contributed by atoms with Gasteiger partial charge in [0.15, 0.2) is 0 Å². The molecular formula is C18H35N3O2. The number of hydrogen-bond donors (Lipinski definition) is 2. The molecule has 3 unspecified atom stereocenters. The van der Waals surface area contributed by atoms with Crippen molar-refractivity contribution in [3.8, 4) is 0 Å². The lowest BCUT2D eigenvalue weighted by Crippen LogP contribution is -2.48. The van der Waals surface area contributed by atoms with Gasteiger partial charge in [-0.15, -0.1) is 0 Å². The number of carbonyl (C=O) groups is 1. The molecule has 1 amide bonds. The van der Waals surface area contributed by atoms with Crippen molar-refractivity contribution >= 4 is 5.91 Å². The molecule has 2 aliphatic heterocycles. The molecule has 0 saturated carbocycles. The number of amides is 1. The predicted molar refractivity (Wildman–Crippen MR) is 93.4 cm³/mol. The Kier molecular flexibility index (Phi) is 7.80. The van der Waals surface area contributed by atoms with Crippen molar-refractivity contribution in [2.75, 3.05) is 45.9 Å². The van der Waals surface area contributed by atoms with Crippen LogP contribution in [0.2, 0.25) is 0 Å². The van der Waals surface area contributed by atoms with Gasteiger partial charge in [0.05, 0.1) is 12.7 Å². The molecule has 2 heterocycles. The molecular weight excluding hydrogens is 290 g/mol. The summed E-state index contributed by atoms with van der Waals surface area (Å²) in [6, 6.07) is 0. The van der Waals surface area contributed by atoms with E-state index in [1.54, 1.807) is 0 Å². The van der Waals surface area contributed by atoms with Crippen LogP contribution < -0.4 is 10.6 Å². The maximum absolute atomic E-state index is 12.2. The Labute approximate surface area is 141 Å². The van der Waals surface area contributed by atoms with E-state index in [-0.39, 0.29) is 12.0 Å². The van der Waals surface area contributed by atoms with E-state index in [9.17, 15) is 4.79 Å². The molecule has 0 spiro atoms. The molecule has 0 aromatic heterocycles. The number of rotatable bonds is 7. The SMILES string of the molecule is CC(C)CN1CCOC(CNC(=O)CC(C)C2CCCNC2)C1. The molecule has 0 aromatic carbocycles. The Balaban J connectivity index is 1.65. The molecule has 134 valence electrons. The van der Waals surface area contributed by atoms with Gasteiger partial charge in [0.1, 0.15) is 0 Å². The van der Waals surface area contributed by atoms with Crippen molar-refractivity contribution in [3.63, 3.8) is 0 Å². The van der Waals surface area contributed by atoms with E-state index in [2.05, 4.69) is 36.3 Å². The standard InChI is InChI=1S/C18H35N3O2/c1-14(2)12-21-7-8-23-17(13-21)11-20-18(22)9-15(3)16-5-4-6-19-10-16/h14-17,19H,4-13H2,1-3H3,(H,20,22). The highest BCUT2D eigenvalue weighted by Gasteiger charge is 2.24. The van der Waals surface area contributed by atoms with Gasteiger partial charge in [-0.25, -0.2) is 0 Å². The Morgan fingerprint density at radius 2 is 2.22 bits per heavy atom. The summed E-state index contributed by atoms with van der Waals surface area (Å²) in [5.41, 5.74) is 0. The van der Waals surface area contributed by atoms with Crippen LogP contribution in [-0.4, -0.2) is 62.8 Å². The summed E-state index contributed by atoms with van der Waals surface area (Å²) in [5.74, 6) is 1.94. The van der Waals surface area contributed by atoms with Gasteiger partial charge in [-0.05, 0) is 43.7 Å². The van der Waals surface area contributed by atoms with E-state index in [0.29, 0.717) is 30.7 Å². The maximum Gasteiger partial charge on any atom is 0.220 e. The molecule has 2 aliphatic rings. The van der Waals surface area contributed by atoms with Crippen LogP contribution in [0.1, 0.15) is 40.0 Å². The lowest BCUT2D eigenvalue weighted by Gasteiger charge is -2.34. The Morgan fingerprint density at radius 1 is 1.39 bits per heavy atom. The van der Waals surface area contributed by atoms with E-state index in [4.69, 9.17) is 4.74 Å². The monoisotopic (exact) mass is 325 g/mol. The fourth-order valence-corrected chi connectivity index (χ4v) is 3.71. The zero-order chi connectivity index (χ0) is 16.7. The lowest BCUT2D eigenvalue weighted by atomic mass is 9.85. The Bertz CT molecular complexity index is 356. The van der Waals surface area contributed by atoms with Crippen LogP contribution in [0.5, 0.6) is 0 Å². The van der Waals surface area contributed by atoms with Crippen molar-refractivity contribution in [2.45, 2.75) is 46.1 Å². The molecule has 23 heavy (non-hydrogen) atoms. The van der Waals surface area contributed by atoms with Crippen LogP contribution in [0.25, 0.3) is 0 Å². The third kappa shape index (κ3) is 6.77. The fourth-order valence-electron chi connectivity index (χ4n) is 3.71. The highest BCUT2D eigenvalue weighted by molar-refractivity contribution is 5.76. The van der Waals surface area contributed by atoms with E-state index >= 15 is 0 Å². The molecule has 5 nitrogen and oxygen atoms in total. The maximum atomic E-state index is 12.2. The van der Waals surface area contributed by atoms with E-state index in [1.807, 2.05) is 0 Å². The number of carbonyl (C=O) groups excluding carboxylic acids is 1. The van der Waals surface area contributed by atoms with Gasteiger partial charge in [-0.2, -0.15) is 0 Å². The molecule has 2 N–H and O–H groups in total. The summed E-state index contributed by atoms with van der Waals surface area (Å²) in [4.78, 5) is 14.6. The fraction of sp³-hybridized carbons (Fsp3) is 0.944. The smallest absolute Gasteiger partial charge is 0.220 e. The number of morpholine rings is 1. The Hall–Kier alpha value is -0.650. The second-order valence-corrected chi connectivity index (χ2v) is 7.74. The predicted octanol–water partition coefficient (Wildman–Crippen LogP) is 1.49. The number of nitrogens with zero attached hydrogens (tertiary/aromatic N) is 1. The largest absolute Gasteiger partial charge is 0.374 e. The van der Waals surface area contributed by atoms with E-state index in [1.165, 1.54) is 12.8 Å². The normalized spacial score (nSPS) is 27.8. The first-order chi connectivity index (χ1) is 11.0. The lowest BCUT2D eigenvalue weighted by molar-refractivity contribution is -0.123. The molecule has 2 rings (SSSR count). The minimum Gasteiger partial charge on any atom is -0.374 e. The molecule has 0 radical (unpaired) electrons. The molecule has 0 bridgehead atoms. The first kappa shape index (κ1) is 18.7. The van der Waals surface area contributed by atoms with Crippen molar-refractivity contribution in [2.24, 2.45) is 17.8 Å². The summed E-state index contributed by atoms with van der Waals surface area (Å²) in [5, 5.41) is 6.52. The quantitative estimate of drug-likeness (QED) is 0.744. The second kappa shape index (κ2) is 9.60. The first-order valence-electron chi connectivity index (χ1n) is 9.36. The zero-order valence-electron chi connectivity index (χ0n) is 15.1. The average molecular weight is 325 g/mol. The molecule has 2 fully saturated rings. The van der Waals surface area contributed by atoms with Crippen LogP contribution in [0, 0.1) is 17.8 Å². The van der Waals surface area contributed by atoms with Crippen molar-refractivity contribution in [1.82, 2.24) is 15.5 Å². The minimum atomic E-state index is 0.137. The van der Waals surface area contributed by atoms with Gasteiger partial charge in [-0.3, -0.25) is 9.69 Å². The van der Waals surface area contributed by atoms with Crippen LogP contribution >= 0.6 is 0 Å². The van der Waals surface area contributed by atoms with Crippen molar-refractivity contribution in [3.05, 3.63) is 0 Å². The van der Waals surface area contributed by atoms with Crippen molar-refractivity contribution in [1.29, 1.82) is 0 Å². The van der Waals surface area contributed by atoms with Gasteiger partial charge < -0.3 is 15.4 Å². The Morgan fingerprint density at radius 3 is 2.91 bits per heavy atom. The minimum absolute atomic E-state index is 0.137. The molecule has 2 saturated heterocycles. The number of ether oxygens (including phenoxy) is 1. The van der Waals surface area contributed by atoms with Gasteiger partial charge in [-0.1, -0.05) is 20.8 Å². The highest BCUT2D eigenvalue weighted by atomic mass is 16.5. The highest BCUT2D eigenvalue weighted by Crippen LogP contribution is 2.22. The number of piperidine rings is 1. The van der Waals surface area contributed by atoms with Gasteiger partial charge in [0, 0.05) is 32.6 Å². The molecule has 5 heteroatoms. The topological polar surface area (TPSA) is 53.6 Å². The van der Waals surface area contributed by atoms with Gasteiger partial charge in [0.2, 0.25) is 5.91 Å². The molecule has 0 aliphatic carbocycles. The number of hydrogen-bond acceptors (Lipinski definition) is 4. The summed E-state index contributed by atoms with van der Waals surface area (Å²) >= 11 is 0. The van der Waals surface area contributed by atoms with Gasteiger partial charge in [0.25, 0.3) is 0 Å². The van der Waals surface area contributed by atoms with Crippen LogP contribution in [0.15, 0.2) is 0 Å². The van der Waals surface area contributed by atoms with Gasteiger partial charge >= 0.3 is 0 Å². The van der Waals surface area contributed by atoms with Crippen LogP contribution in [0.3, 0.4) is 0 Å². The third-order valence-electron chi connectivity index (χ3n) is 5.02. The van der Waals surface area contributed by atoms with E-state index < -0.39 is 0 Å². The second-order valence-electron chi connectivity index (χ2n) is 7.74. The van der Waals surface area contributed by atoms with Crippen LogP contribution in [-0.2, 0) is 9.53 Å². The summed E-state index contributed by atoms with van der Waals surface area (Å²) < 4.78 is 5.80. The van der Waals surface area contributed by atoms with Crippen LogP contribution in [0.4, 0.5) is 0 Å². The summed E-state index contributed by atoms with van der Waals surface area (Å²) in [6.45, 7) is 13.3. The number of nitrogens with one attached hydrogen (secondary N) is 2. The first-order valence-corrected chi connectivity index (χ1v) is 9.36. The summed E-state index contributed by atoms with van der Waals surface area (Å²) in [6.07, 6.45) is 3.25. The zero-order valence-corrected chi connectivity index (χ0v) is 15.1. The van der Waals surface area contributed by atoms with E-state index in [0.717, 1.165) is 39.3 Å². The third-order valence-corrected chi connectivity index (χ3v) is 5.02. The molecule has 3 atom stereocenters. The molecule has 0 aromatic rings.